The number of methoxy groups -OCH3 is 1. The van der Waals surface area contributed by atoms with Crippen molar-refractivity contribution in [2.24, 2.45) is 0 Å². The molecule has 9 nitrogen and oxygen atoms in total. The van der Waals surface area contributed by atoms with Crippen LogP contribution >= 0.6 is 0 Å². The van der Waals surface area contributed by atoms with Gasteiger partial charge in [-0.05, 0) is 29.7 Å². The van der Waals surface area contributed by atoms with Crippen LogP contribution in [0.25, 0.3) is 0 Å². The van der Waals surface area contributed by atoms with Crippen LogP contribution in [0.15, 0.2) is 41.4 Å². The van der Waals surface area contributed by atoms with E-state index in [2.05, 4.69) is 20.3 Å². The Bertz CT molecular complexity index is 1020. The molecule has 174 valence electrons. The highest BCUT2D eigenvalue weighted by molar-refractivity contribution is 7.92. The standard InChI is InChI=1S/C22H31N5O4S/c1-16(2)17-4-6-19(7-5-17)32(29,30)26-18-14-20(22(28)24-10-13-31-3)21(25-15-18)27-11-8-23-9-12-27/h4-7,14-16,23,26H,8-13H2,1-3H3,(H,24,28). The van der Waals surface area contributed by atoms with Crippen LogP contribution < -0.4 is 20.3 Å². The molecule has 0 bridgehead atoms. The zero-order valence-corrected chi connectivity index (χ0v) is 19.5. The van der Waals surface area contributed by atoms with Crippen molar-refractivity contribution >= 4 is 27.4 Å². The lowest BCUT2D eigenvalue weighted by molar-refractivity contribution is 0.0937. The van der Waals surface area contributed by atoms with E-state index in [9.17, 15) is 13.2 Å². The number of aromatic nitrogens is 1. The monoisotopic (exact) mass is 461 g/mol. The van der Waals surface area contributed by atoms with Gasteiger partial charge in [0.2, 0.25) is 0 Å². The van der Waals surface area contributed by atoms with Crippen molar-refractivity contribution in [3.05, 3.63) is 47.7 Å². The summed E-state index contributed by atoms with van der Waals surface area (Å²) >= 11 is 0. The predicted molar refractivity (Wildman–Crippen MR) is 125 cm³/mol. The highest BCUT2D eigenvalue weighted by Gasteiger charge is 2.22. The van der Waals surface area contributed by atoms with Gasteiger partial charge in [-0.2, -0.15) is 0 Å². The van der Waals surface area contributed by atoms with Gasteiger partial charge in [0.25, 0.3) is 15.9 Å². The summed E-state index contributed by atoms with van der Waals surface area (Å²) in [4.78, 5) is 19.5. The van der Waals surface area contributed by atoms with Gasteiger partial charge >= 0.3 is 0 Å². The largest absolute Gasteiger partial charge is 0.383 e. The Morgan fingerprint density at radius 2 is 1.91 bits per heavy atom. The molecule has 1 aliphatic rings. The maximum Gasteiger partial charge on any atom is 0.261 e. The first-order chi connectivity index (χ1) is 15.3. The first-order valence-corrected chi connectivity index (χ1v) is 12.2. The van der Waals surface area contributed by atoms with E-state index >= 15 is 0 Å². The number of hydrogen-bond acceptors (Lipinski definition) is 7. The average molecular weight is 462 g/mol. The number of carbonyl (C=O) groups is 1. The number of rotatable bonds is 9. The Morgan fingerprint density at radius 1 is 1.22 bits per heavy atom. The SMILES string of the molecule is COCCNC(=O)c1cc(NS(=O)(=O)c2ccc(C(C)C)cc2)cnc1N1CCNCC1. The first kappa shape index (κ1) is 24.0. The summed E-state index contributed by atoms with van der Waals surface area (Å²) in [5.74, 6) is 0.511. The van der Waals surface area contributed by atoms with E-state index < -0.39 is 10.0 Å². The third kappa shape index (κ3) is 5.96. The fourth-order valence-electron chi connectivity index (χ4n) is 3.42. The third-order valence-electron chi connectivity index (χ3n) is 5.23. The van der Waals surface area contributed by atoms with E-state index in [1.807, 2.05) is 18.7 Å². The minimum Gasteiger partial charge on any atom is -0.383 e. The van der Waals surface area contributed by atoms with Crippen LogP contribution in [0.1, 0.15) is 35.7 Å². The van der Waals surface area contributed by atoms with Crippen LogP contribution in [0, 0.1) is 0 Å². The topological polar surface area (TPSA) is 113 Å². The smallest absolute Gasteiger partial charge is 0.261 e. The maximum atomic E-state index is 12.9. The van der Waals surface area contributed by atoms with Crippen molar-refractivity contribution in [3.8, 4) is 0 Å². The predicted octanol–water partition coefficient (Wildman–Crippen LogP) is 1.79. The Morgan fingerprint density at radius 3 is 2.53 bits per heavy atom. The van der Waals surface area contributed by atoms with Gasteiger partial charge in [-0.3, -0.25) is 9.52 Å². The molecule has 2 aromatic rings. The number of hydrogen-bond donors (Lipinski definition) is 3. The molecule has 1 amide bonds. The number of sulfonamides is 1. The molecule has 0 spiro atoms. The molecule has 2 heterocycles. The maximum absolute atomic E-state index is 12.9. The molecule has 0 unspecified atom stereocenters. The van der Waals surface area contributed by atoms with Crippen LogP contribution in [0.3, 0.4) is 0 Å². The molecule has 10 heteroatoms. The van der Waals surface area contributed by atoms with Crippen molar-refractivity contribution in [2.75, 3.05) is 56.1 Å². The molecule has 32 heavy (non-hydrogen) atoms. The van der Waals surface area contributed by atoms with E-state index in [4.69, 9.17) is 4.74 Å². The van der Waals surface area contributed by atoms with Crippen LogP contribution in [0.5, 0.6) is 0 Å². The number of piperazine rings is 1. The van der Waals surface area contributed by atoms with Gasteiger partial charge in [-0.15, -0.1) is 0 Å². The summed E-state index contributed by atoms with van der Waals surface area (Å²) in [6.45, 7) is 7.80. The minimum atomic E-state index is -3.82. The highest BCUT2D eigenvalue weighted by atomic mass is 32.2. The number of nitrogens with zero attached hydrogens (tertiary/aromatic N) is 2. The van der Waals surface area contributed by atoms with Crippen molar-refractivity contribution in [3.63, 3.8) is 0 Å². The molecular weight excluding hydrogens is 430 g/mol. The fraction of sp³-hybridized carbons (Fsp3) is 0.455. The lowest BCUT2D eigenvalue weighted by Crippen LogP contribution is -2.44. The first-order valence-electron chi connectivity index (χ1n) is 10.7. The van der Waals surface area contributed by atoms with Gasteiger partial charge in [0, 0.05) is 39.8 Å². The Kier molecular flexibility index (Phi) is 8.05. The fourth-order valence-corrected chi connectivity index (χ4v) is 4.45. The highest BCUT2D eigenvalue weighted by Crippen LogP contribution is 2.24. The molecular formula is C22H31N5O4S. The van der Waals surface area contributed by atoms with Crippen molar-refractivity contribution in [1.29, 1.82) is 0 Å². The molecule has 1 aromatic carbocycles. The zero-order valence-electron chi connectivity index (χ0n) is 18.7. The second-order valence-corrected chi connectivity index (χ2v) is 9.59. The van der Waals surface area contributed by atoms with Gasteiger partial charge in [-0.1, -0.05) is 26.0 Å². The summed E-state index contributed by atoms with van der Waals surface area (Å²) < 4.78 is 33.3. The van der Waals surface area contributed by atoms with E-state index in [-0.39, 0.29) is 16.5 Å². The molecule has 1 fully saturated rings. The number of pyridine rings is 1. The second-order valence-electron chi connectivity index (χ2n) is 7.91. The molecule has 3 N–H and O–H groups in total. The molecule has 1 saturated heterocycles. The number of amides is 1. The summed E-state index contributed by atoms with van der Waals surface area (Å²) in [5.41, 5.74) is 1.60. The zero-order chi connectivity index (χ0) is 23.1. The van der Waals surface area contributed by atoms with E-state index in [1.54, 1.807) is 31.4 Å². The summed E-state index contributed by atoms with van der Waals surface area (Å²) in [6.07, 6.45) is 1.45. The Balaban J connectivity index is 1.87. The lowest BCUT2D eigenvalue weighted by atomic mass is 10.0. The quantitative estimate of drug-likeness (QED) is 0.488. The molecule has 0 atom stereocenters. The van der Waals surface area contributed by atoms with Crippen molar-refractivity contribution in [2.45, 2.75) is 24.7 Å². The van der Waals surface area contributed by atoms with Crippen LogP contribution in [-0.4, -0.2) is 65.7 Å². The van der Waals surface area contributed by atoms with Gasteiger partial charge < -0.3 is 20.3 Å². The molecule has 3 rings (SSSR count). The Hall–Kier alpha value is -2.69. The van der Waals surface area contributed by atoms with Crippen molar-refractivity contribution in [1.82, 2.24) is 15.6 Å². The number of ether oxygens (including phenoxy) is 1. The molecule has 0 radical (unpaired) electrons. The van der Waals surface area contributed by atoms with Gasteiger partial charge in [0.15, 0.2) is 0 Å². The van der Waals surface area contributed by atoms with Gasteiger partial charge in [0.1, 0.15) is 5.82 Å². The molecule has 0 saturated carbocycles. The summed E-state index contributed by atoms with van der Waals surface area (Å²) in [5, 5.41) is 6.06. The third-order valence-corrected chi connectivity index (χ3v) is 6.63. The average Bonchev–Trinajstić information content (AvgIpc) is 2.79. The van der Waals surface area contributed by atoms with E-state index in [1.165, 1.54) is 12.3 Å². The normalized spacial score (nSPS) is 14.4. The summed E-state index contributed by atoms with van der Waals surface area (Å²) in [7, 11) is -2.26. The molecule has 0 aliphatic carbocycles. The summed E-state index contributed by atoms with van der Waals surface area (Å²) in [6, 6.07) is 8.31. The van der Waals surface area contributed by atoms with Gasteiger partial charge in [0.05, 0.1) is 29.0 Å². The number of benzene rings is 1. The van der Waals surface area contributed by atoms with E-state index in [0.29, 0.717) is 43.5 Å². The molecule has 1 aliphatic heterocycles. The molecule has 1 aromatic heterocycles. The van der Waals surface area contributed by atoms with Crippen LogP contribution in [0.2, 0.25) is 0 Å². The second kappa shape index (κ2) is 10.8. The van der Waals surface area contributed by atoms with Crippen LogP contribution in [0.4, 0.5) is 11.5 Å². The van der Waals surface area contributed by atoms with Crippen molar-refractivity contribution < 1.29 is 17.9 Å². The van der Waals surface area contributed by atoms with Crippen LogP contribution in [-0.2, 0) is 14.8 Å². The Labute approximate surface area is 189 Å². The van der Waals surface area contributed by atoms with Gasteiger partial charge in [-0.25, -0.2) is 13.4 Å². The lowest BCUT2D eigenvalue weighted by Gasteiger charge is -2.30. The number of nitrogens with one attached hydrogen (secondary N) is 3. The number of carbonyl (C=O) groups excluding carboxylic acids is 1. The minimum absolute atomic E-state index is 0.152. The van der Waals surface area contributed by atoms with E-state index in [0.717, 1.165) is 18.7 Å². The number of anilines is 2.